The summed E-state index contributed by atoms with van der Waals surface area (Å²) in [5, 5.41) is 0.408. The van der Waals surface area contributed by atoms with Crippen molar-refractivity contribution in [2.75, 3.05) is 18.5 Å². The summed E-state index contributed by atoms with van der Waals surface area (Å²) in [7, 11) is -2.09. The summed E-state index contributed by atoms with van der Waals surface area (Å²) in [4.78, 5) is 16.3. The van der Waals surface area contributed by atoms with Gasteiger partial charge in [0.15, 0.2) is 0 Å². The number of rotatable bonds is 4. The minimum Gasteiger partial charge on any atom is -0.307 e. The molecule has 0 unspecified atom stereocenters. The van der Waals surface area contributed by atoms with Crippen LogP contribution in [0, 0.1) is 0 Å². The maximum absolute atomic E-state index is 13.3. The first-order valence-corrected chi connectivity index (χ1v) is 11.7. The van der Waals surface area contributed by atoms with Gasteiger partial charge in [-0.2, -0.15) is 4.31 Å². The SMILES string of the molecule is CC(C)N(C)S(=O)(=O)c1cccc(C(=O)N2CC[C@@H](C)Sc3ccccc32)c1. The van der Waals surface area contributed by atoms with Gasteiger partial charge in [0.2, 0.25) is 10.0 Å². The van der Waals surface area contributed by atoms with Crippen LogP contribution in [0.25, 0.3) is 0 Å². The Morgan fingerprint density at radius 3 is 2.61 bits per heavy atom. The Balaban J connectivity index is 1.98. The number of nitrogens with zero attached hydrogens (tertiary/aromatic N) is 2. The van der Waals surface area contributed by atoms with Gasteiger partial charge in [-0.3, -0.25) is 4.79 Å². The Morgan fingerprint density at radius 2 is 1.89 bits per heavy atom. The van der Waals surface area contributed by atoms with Crippen molar-refractivity contribution >= 4 is 33.4 Å². The van der Waals surface area contributed by atoms with Crippen LogP contribution in [-0.2, 0) is 10.0 Å². The second-order valence-electron chi connectivity index (χ2n) is 7.28. The maximum Gasteiger partial charge on any atom is 0.258 e. The monoisotopic (exact) mass is 418 g/mol. The van der Waals surface area contributed by atoms with Gasteiger partial charge >= 0.3 is 0 Å². The van der Waals surface area contributed by atoms with Gasteiger partial charge in [-0.05, 0) is 50.6 Å². The van der Waals surface area contributed by atoms with E-state index in [1.807, 2.05) is 38.1 Å². The predicted molar refractivity (Wildman–Crippen MR) is 115 cm³/mol. The fourth-order valence-corrected chi connectivity index (χ4v) is 5.61. The van der Waals surface area contributed by atoms with Gasteiger partial charge in [-0.1, -0.05) is 25.1 Å². The van der Waals surface area contributed by atoms with E-state index in [0.29, 0.717) is 17.4 Å². The molecule has 3 rings (SSSR count). The second-order valence-corrected chi connectivity index (χ2v) is 10.8. The molecule has 0 saturated heterocycles. The number of carbonyl (C=O) groups is 1. The van der Waals surface area contributed by atoms with Crippen LogP contribution in [-0.4, -0.2) is 43.5 Å². The molecular weight excluding hydrogens is 392 g/mol. The average molecular weight is 419 g/mol. The summed E-state index contributed by atoms with van der Waals surface area (Å²) in [6.07, 6.45) is 0.874. The van der Waals surface area contributed by atoms with Gasteiger partial charge in [0.1, 0.15) is 0 Å². The quantitative estimate of drug-likeness (QED) is 0.745. The van der Waals surface area contributed by atoms with E-state index in [1.54, 1.807) is 41.9 Å². The number of hydrogen-bond donors (Lipinski definition) is 0. The Bertz CT molecular complexity index is 973. The topological polar surface area (TPSA) is 57.7 Å². The van der Waals surface area contributed by atoms with Crippen LogP contribution in [0.2, 0.25) is 0 Å². The summed E-state index contributed by atoms with van der Waals surface area (Å²) >= 11 is 1.77. The molecule has 0 spiro atoms. The largest absolute Gasteiger partial charge is 0.307 e. The van der Waals surface area contributed by atoms with Crippen molar-refractivity contribution in [3.05, 3.63) is 54.1 Å². The summed E-state index contributed by atoms with van der Waals surface area (Å²) < 4.78 is 27.0. The van der Waals surface area contributed by atoms with E-state index in [2.05, 4.69) is 6.92 Å². The van der Waals surface area contributed by atoms with E-state index in [-0.39, 0.29) is 16.8 Å². The molecule has 1 aliphatic rings. The standard InChI is InChI=1S/C21H26N2O3S2/c1-15(2)22(4)28(25,26)18-9-7-8-17(14-18)21(24)23-13-12-16(3)27-20-11-6-5-10-19(20)23/h5-11,14-16H,12-13H2,1-4H3/t16-/m1/s1. The Morgan fingerprint density at radius 1 is 1.18 bits per heavy atom. The van der Waals surface area contributed by atoms with Crippen molar-refractivity contribution < 1.29 is 13.2 Å². The third kappa shape index (κ3) is 4.11. The molecule has 150 valence electrons. The smallest absolute Gasteiger partial charge is 0.258 e. The summed E-state index contributed by atoms with van der Waals surface area (Å²) in [5.74, 6) is -0.175. The lowest BCUT2D eigenvalue weighted by molar-refractivity contribution is 0.0986. The Hall–Kier alpha value is -1.83. The van der Waals surface area contributed by atoms with Crippen LogP contribution in [0.15, 0.2) is 58.3 Å². The highest BCUT2D eigenvalue weighted by Crippen LogP contribution is 2.38. The van der Waals surface area contributed by atoms with Gasteiger partial charge in [0.25, 0.3) is 5.91 Å². The molecule has 0 radical (unpaired) electrons. The third-order valence-corrected chi connectivity index (χ3v) is 8.24. The summed E-state index contributed by atoms with van der Waals surface area (Å²) in [5.41, 5.74) is 1.27. The zero-order valence-electron chi connectivity index (χ0n) is 16.6. The number of carbonyl (C=O) groups excluding carboxylic acids is 1. The first-order valence-electron chi connectivity index (χ1n) is 9.37. The molecule has 0 N–H and O–H groups in total. The molecule has 28 heavy (non-hydrogen) atoms. The molecule has 1 amide bonds. The lowest BCUT2D eigenvalue weighted by Crippen LogP contribution is -2.34. The first-order chi connectivity index (χ1) is 13.2. The van der Waals surface area contributed by atoms with Crippen molar-refractivity contribution in [2.45, 2.75) is 48.3 Å². The van der Waals surface area contributed by atoms with E-state index in [1.165, 1.54) is 10.4 Å². The number of benzene rings is 2. The lowest BCUT2D eigenvalue weighted by Gasteiger charge is -2.24. The molecule has 0 aliphatic carbocycles. The average Bonchev–Trinajstić information content (AvgIpc) is 2.85. The van der Waals surface area contributed by atoms with Gasteiger partial charge in [-0.25, -0.2) is 8.42 Å². The van der Waals surface area contributed by atoms with Crippen molar-refractivity contribution in [1.29, 1.82) is 0 Å². The van der Waals surface area contributed by atoms with Crippen molar-refractivity contribution in [2.24, 2.45) is 0 Å². The van der Waals surface area contributed by atoms with Gasteiger partial charge < -0.3 is 4.90 Å². The molecule has 0 bridgehead atoms. The van der Waals surface area contributed by atoms with E-state index >= 15 is 0 Å². The fourth-order valence-electron chi connectivity index (χ4n) is 3.09. The second kappa shape index (κ2) is 8.27. The van der Waals surface area contributed by atoms with Gasteiger partial charge in [-0.15, -0.1) is 11.8 Å². The zero-order valence-corrected chi connectivity index (χ0v) is 18.3. The molecule has 1 heterocycles. The van der Waals surface area contributed by atoms with Crippen molar-refractivity contribution in [3.8, 4) is 0 Å². The first kappa shape index (κ1) is 20.9. The van der Waals surface area contributed by atoms with E-state index in [9.17, 15) is 13.2 Å². The Labute approximate surface area is 171 Å². The van der Waals surface area contributed by atoms with Crippen LogP contribution in [0.1, 0.15) is 37.6 Å². The molecule has 2 aromatic carbocycles. The van der Waals surface area contributed by atoms with Crippen molar-refractivity contribution in [3.63, 3.8) is 0 Å². The highest BCUT2D eigenvalue weighted by atomic mass is 32.2. The lowest BCUT2D eigenvalue weighted by atomic mass is 10.1. The van der Waals surface area contributed by atoms with E-state index in [0.717, 1.165) is 17.0 Å². The molecule has 0 aromatic heterocycles. The molecule has 7 heteroatoms. The van der Waals surface area contributed by atoms with Gasteiger partial charge in [0.05, 0.1) is 10.6 Å². The molecule has 2 aromatic rings. The Kier molecular flexibility index (Phi) is 6.17. The molecule has 1 atom stereocenters. The van der Waals surface area contributed by atoms with Crippen LogP contribution < -0.4 is 4.90 Å². The number of amides is 1. The highest BCUT2D eigenvalue weighted by molar-refractivity contribution is 8.00. The summed E-state index contributed by atoms with van der Waals surface area (Å²) in [6, 6.07) is 14.1. The number of sulfonamides is 1. The molecule has 5 nitrogen and oxygen atoms in total. The number of thioether (sulfide) groups is 1. The number of fused-ring (bicyclic) bond motifs is 1. The minimum absolute atomic E-state index is 0.139. The van der Waals surface area contributed by atoms with E-state index in [4.69, 9.17) is 0 Å². The van der Waals surface area contributed by atoms with Gasteiger partial charge in [0, 0.05) is 35.3 Å². The number of anilines is 1. The van der Waals surface area contributed by atoms with E-state index < -0.39 is 10.0 Å². The van der Waals surface area contributed by atoms with Crippen LogP contribution in [0.3, 0.4) is 0 Å². The molecule has 0 fully saturated rings. The van der Waals surface area contributed by atoms with Crippen LogP contribution >= 0.6 is 11.8 Å². The fraction of sp³-hybridized carbons (Fsp3) is 0.381. The molecule has 0 saturated carbocycles. The summed E-state index contributed by atoms with van der Waals surface area (Å²) in [6.45, 7) is 6.40. The maximum atomic E-state index is 13.3. The molecule has 1 aliphatic heterocycles. The zero-order chi connectivity index (χ0) is 20.5. The number of hydrogen-bond acceptors (Lipinski definition) is 4. The predicted octanol–water partition coefficient (Wildman–Crippen LogP) is 4.25. The molecular formula is C21H26N2O3S2. The normalized spacial score (nSPS) is 17.5. The third-order valence-electron chi connectivity index (χ3n) is 4.97. The van der Waals surface area contributed by atoms with Crippen LogP contribution in [0.5, 0.6) is 0 Å². The van der Waals surface area contributed by atoms with Crippen molar-refractivity contribution in [1.82, 2.24) is 4.31 Å². The minimum atomic E-state index is -3.64. The van der Waals surface area contributed by atoms with Crippen LogP contribution in [0.4, 0.5) is 5.69 Å². The number of para-hydroxylation sites is 1. The highest BCUT2D eigenvalue weighted by Gasteiger charge is 2.27.